The second-order valence-corrected chi connectivity index (χ2v) is 5.86. The third-order valence-corrected chi connectivity index (χ3v) is 3.67. The Labute approximate surface area is 132 Å². The second-order valence-electron chi connectivity index (χ2n) is 5.86. The number of amides is 1. The minimum absolute atomic E-state index is 0. The molecule has 1 amide bonds. The third-order valence-electron chi connectivity index (χ3n) is 3.67. The van der Waals surface area contributed by atoms with Crippen LogP contribution in [0.3, 0.4) is 0 Å². The molecule has 1 saturated heterocycles. The summed E-state index contributed by atoms with van der Waals surface area (Å²) in [5.74, 6) is 0.557. The molecule has 1 aliphatic heterocycles. The maximum absolute atomic E-state index is 11.9. The van der Waals surface area contributed by atoms with E-state index in [2.05, 4.69) is 34.8 Å². The van der Waals surface area contributed by atoms with E-state index in [1.54, 1.807) is 6.20 Å². The lowest BCUT2D eigenvalue weighted by atomic mass is 10.1. The molecule has 0 bridgehead atoms. The smallest absolute Gasteiger partial charge is 0.273 e. The SMILES string of the molecule is CC(C)CCCNC(=O)c1cn(C2CCNCC2)nn1.Cl. The molecule has 2 heterocycles. The molecule has 1 fully saturated rings. The average Bonchev–Trinajstić information content (AvgIpc) is 2.94. The Hall–Kier alpha value is -1.14. The van der Waals surface area contributed by atoms with Gasteiger partial charge in [0, 0.05) is 6.54 Å². The molecule has 0 unspecified atom stereocenters. The number of nitrogens with zero attached hydrogens (tertiary/aromatic N) is 3. The van der Waals surface area contributed by atoms with E-state index >= 15 is 0 Å². The van der Waals surface area contributed by atoms with Gasteiger partial charge < -0.3 is 10.6 Å². The Kier molecular flexibility index (Phi) is 7.67. The fourth-order valence-corrected chi connectivity index (χ4v) is 2.43. The average molecular weight is 316 g/mol. The molecule has 0 atom stereocenters. The van der Waals surface area contributed by atoms with E-state index in [1.807, 2.05) is 4.68 Å². The van der Waals surface area contributed by atoms with Gasteiger partial charge in [-0.3, -0.25) is 4.79 Å². The van der Waals surface area contributed by atoms with Crippen molar-refractivity contribution in [2.24, 2.45) is 5.92 Å². The standard InChI is InChI=1S/C14H25N5O.ClH/c1-11(2)4-3-7-16-14(20)13-10-19(18-17-13)12-5-8-15-9-6-12;/h10-12,15H,3-9H2,1-2H3,(H,16,20);1H. The fraction of sp³-hybridized carbons (Fsp3) is 0.786. The van der Waals surface area contributed by atoms with Gasteiger partial charge in [-0.15, -0.1) is 17.5 Å². The molecule has 0 radical (unpaired) electrons. The number of carbonyl (C=O) groups is 1. The quantitative estimate of drug-likeness (QED) is 0.785. The monoisotopic (exact) mass is 315 g/mol. The molecular formula is C14H26ClN5O. The topological polar surface area (TPSA) is 71.8 Å². The normalized spacial score (nSPS) is 15.8. The first kappa shape index (κ1) is 17.9. The first-order valence-electron chi connectivity index (χ1n) is 7.57. The van der Waals surface area contributed by atoms with Crippen LogP contribution in [0.5, 0.6) is 0 Å². The number of piperidine rings is 1. The van der Waals surface area contributed by atoms with Crippen LogP contribution >= 0.6 is 12.4 Å². The number of carbonyl (C=O) groups excluding carboxylic acids is 1. The highest BCUT2D eigenvalue weighted by Gasteiger charge is 2.18. The van der Waals surface area contributed by atoms with Crippen molar-refractivity contribution in [3.05, 3.63) is 11.9 Å². The maximum Gasteiger partial charge on any atom is 0.273 e. The molecule has 0 saturated carbocycles. The Bertz CT molecular complexity index is 429. The maximum atomic E-state index is 11.9. The highest BCUT2D eigenvalue weighted by molar-refractivity contribution is 5.91. The predicted octanol–water partition coefficient (Wildman–Crippen LogP) is 1.79. The lowest BCUT2D eigenvalue weighted by Crippen LogP contribution is -2.29. The van der Waals surface area contributed by atoms with Crippen molar-refractivity contribution >= 4 is 18.3 Å². The van der Waals surface area contributed by atoms with Crippen LogP contribution in [0.25, 0.3) is 0 Å². The minimum atomic E-state index is -0.117. The van der Waals surface area contributed by atoms with Crippen LogP contribution in [0, 0.1) is 5.92 Å². The molecular weight excluding hydrogens is 290 g/mol. The van der Waals surface area contributed by atoms with Gasteiger partial charge in [-0.2, -0.15) is 0 Å². The first-order valence-corrected chi connectivity index (χ1v) is 7.57. The van der Waals surface area contributed by atoms with E-state index in [1.165, 1.54) is 0 Å². The molecule has 1 aromatic rings. The third kappa shape index (κ3) is 5.63. The first-order chi connectivity index (χ1) is 9.66. The zero-order valence-electron chi connectivity index (χ0n) is 12.8. The van der Waals surface area contributed by atoms with Crippen LogP contribution in [-0.4, -0.2) is 40.5 Å². The van der Waals surface area contributed by atoms with Gasteiger partial charge in [0.25, 0.3) is 5.91 Å². The Balaban J connectivity index is 0.00000220. The van der Waals surface area contributed by atoms with Crippen molar-refractivity contribution in [1.29, 1.82) is 0 Å². The summed E-state index contributed by atoms with van der Waals surface area (Å²) in [6.45, 7) is 7.08. The number of rotatable bonds is 6. The van der Waals surface area contributed by atoms with Gasteiger partial charge in [0.1, 0.15) is 0 Å². The van der Waals surface area contributed by atoms with E-state index in [-0.39, 0.29) is 18.3 Å². The summed E-state index contributed by atoms with van der Waals surface area (Å²) in [7, 11) is 0. The second kappa shape index (κ2) is 9.00. The number of aromatic nitrogens is 3. The van der Waals surface area contributed by atoms with Crippen molar-refractivity contribution < 1.29 is 4.79 Å². The van der Waals surface area contributed by atoms with E-state index in [4.69, 9.17) is 0 Å². The summed E-state index contributed by atoms with van der Waals surface area (Å²) in [6, 6.07) is 0.367. The summed E-state index contributed by atoms with van der Waals surface area (Å²) < 4.78 is 1.84. The highest BCUT2D eigenvalue weighted by Crippen LogP contribution is 2.16. The number of hydrogen-bond donors (Lipinski definition) is 2. The van der Waals surface area contributed by atoms with Crippen molar-refractivity contribution in [2.75, 3.05) is 19.6 Å². The van der Waals surface area contributed by atoms with E-state index in [0.29, 0.717) is 24.2 Å². The van der Waals surface area contributed by atoms with Gasteiger partial charge in [-0.25, -0.2) is 4.68 Å². The Morgan fingerprint density at radius 2 is 2.19 bits per heavy atom. The molecule has 120 valence electrons. The van der Waals surface area contributed by atoms with Crippen LogP contribution in [0.2, 0.25) is 0 Å². The zero-order chi connectivity index (χ0) is 14.4. The minimum Gasteiger partial charge on any atom is -0.351 e. The van der Waals surface area contributed by atoms with E-state index in [0.717, 1.165) is 38.8 Å². The molecule has 0 spiro atoms. The van der Waals surface area contributed by atoms with Gasteiger partial charge in [0.15, 0.2) is 5.69 Å². The molecule has 0 aliphatic carbocycles. The van der Waals surface area contributed by atoms with Crippen molar-refractivity contribution in [3.8, 4) is 0 Å². The van der Waals surface area contributed by atoms with Gasteiger partial charge in [0.05, 0.1) is 12.2 Å². The summed E-state index contributed by atoms with van der Waals surface area (Å²) in [5, 5.41) is 14.3. The molecule has 6 nitrogen and oxygen atoms in total. The fourth-order valence-electron chi connectivity index (χ4n) is 2.43. The number of halogens is 1. The van der Waals surface area contributed by atoms with Crippen molar-refractivity contribution in [1.82, 2.24) is 25.6 Å². The lowest BCUT2D eigenvalue weighted by Gasteiger charge is -2.22. The van der Waals surface area contributed by atoms with Gasteiger partial charge in [-0.1, -0.05) is 19.1 Å². The zero-order valence-corrected chi connectivity index (χ0v) is 13.7. The summed E-state index contributed by atoms with van der Waals surface area (Å²) >= 11 is 0. The van der Waals surface area contributed by atoms with Crippen molar-refractivity contribution in [3.63, 3.8) is 0 Å². The number of hydrogen-bond acceptors (Lipinski definition) is 4. The highest BCUT2D eigenvalue weighted by atomic mass is 35.5. The van der Waals surface area contributed by atoms with Gasteiger partial charge in [0.2, 0.25) is 0 Å². The summed E-state index contributed by atoms with van der Waals surface area (Å²) in [4.78, 5) is 11.9. The molecule has 7 heteroatoms. The Morgan fingerprint density at radius 1 is 1.48 bits per heavy atom. The van der Waals surface area contributed by atoms with Crippen LogP contribution in [0.4, 0.5) is 0 Å². The molecule has 0 aromatic carbocycles. The molecule has 1 aromatic heterocycles. The van der Waals surface area contributed by atoms with Crippen LogP contribution in [-0.2, 0) is 0 Å². The lowest BCUT2D eigenvalue weighted by molar-refractivity contribution is 0.0947. The Morgan fingerprint density at radius 3 is 2.86 bits per heavy atom. The molecule has 2 rings (SSSR count). The summed E-state index contributed by atoms with van der Waals surface area (Å²) in [5.41, 5.74) is 0.424. The van der Waals surface area contributed by atoms with Gasteiger partial charge in [-0.05, 0) is 44.7 Å². The molecule has 21 heavy (non-hydrogen) atoms. The van der Waals surface area contributed by atoms with E-state index in [9.17, 15) is 4.79 Å². The summed E-state index contributed by atoms with van der Waals surface area (Å²) in [6.07, 6.45) is 5.99. The van der Waals surface area contributed by atoms with Crippen LogP contribution in [0.1, 0.15) is 56.1 Å². The molecule has 1 aliphatic rings. The molecule has 2 N–H and O–H groups in total. The predicted molar refractivity (Wildman–Crippen MR) is 84.8 cm³/mol. The van der Waals surface area contributed by atoms with Crippen molar-refractivity contribution in [2.45, 2.75) is 45.6 Å². The van der Waals surface area contributed by atoms with E-state index < -0.39 is 0 Å². The largest absolute Gasteiger partial charge is 0.351 e. The number of nitrogens with one attached hydrogen (secondary N) is 2. The van der Waals surface area contributed by atoms with Crippen LogP contribution < -0.4 is 10.6 Å². The van der Waals surface area contributed by atoms with Gasteiger partial charge >= 0.3 is 0 Å². The van der Waals surface area contributed by atoms with Crippen LogP contribution in [0.15, 0.2) is 6.20 Å².